The summed E-state index contributed by atoms with van der Waals surface area (Å²) >= 11 is 0. The van der Waals surface area contributed by atoms with E-state index < -0.39 is 10.0 Å². The zero-order valence-corrected chi connectivity index (χ0v) is 19.8. The Morgan fingerprint density at radius 3 is 2.44 bits per heavy atom. The van der Waals surface area contributed by atoms with Gasteiger partial charge in [-0.25, -0.2) is 8.42 Å². The number of sulfonamides is 1. The van der Waals surface area contributed by atoms with E-state index in [-0.39, 0.29) is 35.2 Å². The number of rotatable bonds is 5. The van der Waals surface area contributed by atoms with Crippen LogP contribution >= 0.6 is 0 Å². The van der Waals surface area contributed by atoms with Crippen LogP contribution in [0.1, 0.15) is 75.2 Å². The van der Waals surface area contributed by atoms with Crippen LogP contribution in [0.4, 0.5) is 0 Å². The Hall–Kier alpha value is -1.87. The Kier molecular flexibility index (Phi) is 7.24. The van der Waals surface area contributed by atoms with Gasteiger partial charge in [0.25, 0.3) is 5.91 Å². The van der Waals surface area contributed by atoms with Crippen molar-refractivity contribution in [1.82, 2.24) is 19.5 Å². The van der Waals surface area contributed by atoms with Crippen molar-refractivity contribution >= 4 is 21.8 Å². The molecule has 1 saturated carbocycles. The number of nitrogens with zero attached hydrogens (tertiary/aromatic N) is 2. The smallest absolute Gasteiger partial charge is 0.270 e. The number of piperidine rings is 2. The molecule has 0 bridgehead atoms. The fraction of sp³-hybridized carbons (Fsp3) is 0.739. The summed E-state index contributed by atoms with van der Waals surface area (Å²) in [6.45, 7) is 4.17. The number of H-pyrrole nitrogens is 1. The molecular weight excluding hydrogens is 428 g/mol. The van der Waals surface area contributed by atoms with Crippen LogP contribution in [0.5, 0.6) is 0 Å². The summed E-state index contributed by atoms with van der Waals surface area (Å²) in [5.74, 6) is 0.111. The molecule has 9 heteroatoms. The highest BCUT2D eigenvalue weighted by Gasteiger charge is 2.35. The summed E-state index contributed by atoms with van der Waals surface area (Å²) in [4.78, 5) is 30.3. The summed E-state index contributed by atoms with van der Waals surface area (Å²) in [7, 11) is -3.76. The van der Waals surface area contributed by atoms with E-state index in [1.54, 1.807) is 4.90 Å². The van der Waals surface area contributed by atoms with Crippen LogP contribution in [0.25, 0.3) is 0 Å². The Bertz CT molecular complexity index is 914. The predicted octanol–water partition coefficient (Wildman–Crippen LogP) is 2.74. The number of hydrogen-bond acceptors (Lipinski definition) is 4. The fourth-order valence-electron chi connectivity index (χ4n) is 5.12. The van der Waals surface area contributed by atoms with Gasteiger partial charge in [-0.15, -0.1) is 0 Å². The molecule has 2 amide bonds. The Morgan fingerprint density at radius 1 is 1.00 bits per heavy atom. The lowest BCUT2D eigenvalue weighted by Gasteiger charge is -2.32. The van der Waals surface area contributed by atoms with Crippen LogP contribution in [-0.2, 0) is 14.8 Å². The first-order valence-corrected chi connectivity index (χ1v) is 13.6. The van der Waals surface area contributed by atoms with Gasteiger partial charge in [0, 0.05) is 38.4 Å². The van der Waals surface area contributed by atoms with Crippen molar-refractivity contribution in [1.29, 1.82) is 0 Å². The lowest BCUT2D eigenvalue weighted by Crippen LogP contribution is -2.47. The number of amides is 2. The third-order valence-corrected chi connectivity index (χ3v) is 9.14. The number of carbonyl (C=O) groups excluding carboxylic acids is 2. The van der Waals surface area contributed by atoms with Crippen LogP contribution in [0, 0.1) is 11.8 Å². The molecule has 2 N–H and O–H groups in total. The summed E-state index contributed by atoms with van der Waals surface area (Å²) in [5, 5.41) is 3.14. The minimum atomic E-state index is -3.76. The number of carbonyl (C=O) groups is 2. The molecule has 32 heavy (non-hydrogen) atoms. The molecule has 1 aromatic rings. The number of hydrogen-bond donors (Lipinski definition) is 2. The second-order valence-corrected chi connectivity index (χ2v) is 11.7. The van der Waals surface area contributed by atoms with Gasteiger partial charge < -0.3 is 15.2 Å². The minimum absolute atomic E-state index is 0.0268. The van der Waals surface area contributed by atoms with Gasteiger partial charge >= 0.3 is 0 Å². The molecule has 2 aliphatic heterocycles. The predicted molar refractivity (Wildman–Crippen MR) is 122 cm³/mol. The molecule has 8 nitrogen and oxygen atoms in total. The van der Waals surface area contributed by atoms with Crippen LogP contribution < -0.4 is 5.32 Å². The molecule has 1 aromatic heterocycles. The SMILES string of the molecule is CC1CCN(C(=O)c2cc(S(=O)(=O)N3CCC[C@@H](C(=O)NC4CCCCC4)C3)c[nH]2)CC1. The first kappa shape index (κ1) is 23.3. The van der Waals surface area contributed by atoms with E-state index in [0.717, 1.165) is 38.5 Å². The third kappa shape index (κ3) is 5.20. The van der Waals surface area contributed by atoms with E-state index in [9.17, 15) is 18.0 Å². The minimum Gasteiger partial charge on any atom is -0.356 e. The number of aromatic amines is 1. The highest BCUT2D eigenvalue weighted by molar-refractivity contribution is 7.89. The molecule has 0 unspecified atom stereocenters. The average Bonchev–Trinajstić information content (AvgIpc) is 3.31. The maximum Gasteiger partial charge on any atom is 0.270 e. The van der Waals surface area contributed by atoms with Crippen molar-refractivity contribution in [3.8, 4) is 0 Å². The Balaban J connectivity index is 1.39. The van der Waals surface area contributed by atoms with Gasteiger partial charge in [-0.05, 0) is 50.5 Å². The Labute approximate surface area is 191 Å². The number of nitrogens with one attached hydrogen (secondary N) is 2. The van der Waals surface area contributed by atoms with E-state index in [0.29, 0.717) is 44.1 Å². The van der Waals surface area contributed by atoms with Gasteiger partial charge in [0.2, 0.25) is 15.9 Å². The van der Waals surface area contributed by atoms with Gasteiger partial charge in [0.15, 0.2) is 0 Å². The normalized spacial score (nSPS) is 24.4. The monoisotopic (exact) mass is 464 g/mol. The largest absolute Gasteiger partial charge is 0.356 e. The first-order chi connectivity index (χ1) is 15.3. The van der Waals surface area contributed by atoms with Gasteiger partial charge in [0.1, 0.15) is 10.6 Å². The molecule has 4 rings (SSSR count). The van der Waals surface area contributed by atoms with Crippen molar-refractivity contribution in [2.24, 2.45) is 11.8 Å². The second kappa shape index (κ2) is 9.95. The summed E-state index contributed by atoms with van der Waals surface area (Å²) < 4.78 is 27.9. The average molecular weight is 465 g/mol. The van der Waals surface area contributed by atoms with Crippen molar-refractivity contribution in [3.05, 3.63) is 18.0 Å². The molecule has 3 heterocycles. The van der Waals surface area contributed by atoms with E-state index in [2.05, 4.69) is 17.2 Å². The zero-order valence-electron chi connectivity index (χ0n) is 19.0. The summed E-state index contributed by atoms with van der Waals surface area (Å²) in [5.41, 5.74) is 0.307. The van der Waals surface area contributed by atoms with Crippen LogP contribution in [0.2, 0.25) is 0 Å². The molecule has 1 aliphatic carbocycles. The van der Waals surface area contributed by atoms with Gasteiger partial charge in [0.05, 0.1) is 5.92 Å². The lowest BCUT2D eigenvalue weighted by atomic mass is 9.93. The van der Waals surface area contributed by atoms with E-state index in [1.165, 1.54) is 23.0 Å². The van der Waals surface area contributed by atoms with Gasteiger partial charge in [-0.3, -0.25) is 9.59 Å². The highest BCUT2D eigenvalue weighted by atomic mass is 32.2. The van der Waals surface area contributed by atoms with Crippen LogP contribution in [-0.4, -0.2) is 66.6 Å². The van der Waals surface area contributed by atoms with Crippen molar-refractivity contribution in [2.45, 2.75) is 75.6 Å². The zero-order chi connectivity index (χ0) is 22.7. The van der Waals surface area contributed by atoms with E-state index in [4.69, 9.17) is 0 Å². The molecule has 0 aromatic carbocycles. The molecule has 1 atom stereocenters. The van der Waals surface area contributed by atoms with E-state index in [1.807, 2.05) is 0 Å². The maximum absolute atomic E-state index is 13.2. The molecule has 3 fully saturated rings. The molecule has 2 saturated heterocycles. The van der Waals surface area contributed by atoms with Crippen molar-refractivity contribution < 1.29 is 18.0 Å². The summed E-state index contributed by atoms with van der Waals surface area (Å²) in [6.07, 6.45) is 10.2. The van der Waals surface area contributed by atoms with Gasteiger partial charge in [-0.1, -0.05) is 26.2 Å². The van der Waals surface area contributed by atoms with Crippen molar-refractivity contribution in [3.63, 3.8) is 0 Å². The van der Waals surface area contributed by atoms with Crippen LogP contribution in [0.15, 0.2) is 17.2 Å². The first-order valence-electron chi connectivity index (χ1n) is 12.1. The van der Waals surface area contributed by atoms with Gasteiger partial charge in [-0.2, -0.15) is 4.31 Å². The fourth-order valence-corrected chi connectivity index (χ4v) is 6.64. The Morgan fingerprint density at radius 2 is 1.72 bits per heavy atom. The van der Waals surface area contributed by atoms with E-state index >= 15 is 0 Å². The second-order valence-electron chi connectivity index (χ2n) is 9.77. The molecule has 0 spiro atoms. The third-order valence-electron chi connectivity index (χ3n) is 7.30. The van der Waals surface area contributed by atoms with Crippen LogP contribution in [0.3, 0.4) is 0 Å². The standard InChI is InChI=1S/C23H36N4O4S/c1-17-9-12-26(13-10-17)23(29)21-14-20(15-24-21)32(30,31)27-11-5-6-18(16-27)22(28)25-19-7-3-2-4-8-19/h14-15,17-19,24H,2-13,16H2,1H3,(H,25,28)/t18-/m1/s1. The number of likely N-dealkylation sites (tertiary alicyclic amines) is 1. The quantitative estimate of drug-likeness (QED) is 0.699. The molecule has 3 aliphatic rings. The van der Waals surface area contributed by atoms with Crippen molar-refractivity contribution in [2.75, 3.05) is 26.2 Å². The number of aromatic nitrogens is 1. The molecule has 178 valence electrons. The highest BCUT2D eigenvalue weighted by Crippen LogP contribution is 2.26. The summed E-state index contributed by atoms with van der Waals surface area (Å²) in [6, 6.07) is 1.67. The molecule has 0 radical (unpaired) electrons. The molecular formula is C23H36N4O4S. The topological polar surface area (TPSA) is 103 Å². The lowest BCUT2D eigenvalue weighted by molar-refractivity contribution is -0.127. The maximum atomic E-state index is 13.2.